The standard InChI is InChI=1S/C48H78O21S/c1-22-30(53)37(67-39-34(57)32(55)31(54)23(18-49)64-39)38(68-40-35(58)33(56)36(24(19-50)65-40)69-70(59,60)61)41(63-22)66-29-10-11-43(4)25(44(29,5)20-51)8-12-45(6)26(43)9-13-48-27-16-42(2,3)14-15-47(27,21-62-48)28(52)17-46(45,48)7/h9,13,22-41,49-58H,8,10-12,14-21H2,1-7H3,(H,59,60,61)/p-1/t22-,23-,24-,25-,26-,27-,28+,29+,30+,31-,32+,33-,34-,35-,36-,37+,38-,39+,40+,41+,43+,44+,45-,46+,47-,48+/m1/s1. The van der Waals surface area contributed by atoms with E-state index in [4.69, 9.17) is 33.2 Å². The van der Waals surface area contributed by atoms with Gasteiger partial charge in [0, 0.05) is 22.2 Å². The number of ether oxygens (including phenoxy) is 7. The maximum absolute atomic E-state index is 12.3. The van der Waals surface area contributed by atoms with Crippen molar-refractivity contribution in [1.29, 1.82) is 0 Å². The summed E-state index contributed by atoms with van der Waals surface area (Å²) in [7, 11) is -5.49. The van der Waals surface area contributed by atoms with E-state index in [2.05, 4.69) is 51.0 Å². The summed E-state index contributed by atoms with van der Waals surface area (Å²) in [6.45, 7) is 13.4. The Hall–Kier alpha value is -1.07. The molecular formula is C48H77O21S-. The Kier molecular flexibility index (Phi) is 14.1. The summed E-state index contributed by atoms with van der Waals surface area (Å²) in [5.41, 5.74) is -2.85. The molecule has 0 radical (unpaired) electrons. The fourth-order valence-corrected chi connectivity index (χ4v) is 16.5. The molecule has 8 fully saturated rings. The molecule has 70 heavy (non-hydrogen) atoms. The molecule has 0 unspecified atom stereocenters. The average Bonchev–Trinajstić information content (AvgIpc) is 3.57. The molecule has 4 saturated heterocycles. The van der Waals surface area contributed by atoms with E-state index in [1.807, 2.05) is 6.92 Å². The first-order valence-corrected chi connectivity index (χ1v) is 26.4. The average molecular weight is 1020 g/mol. The van der Waals surface area contributed by atoms with Gasteiger partial charge in [0.1, 0.15) is 67.1 Å². The van der Waals surface area contributed by atoms with E-state index in [0.29, 0.717) is 32.3 Å². The van der Waals surface area contributed by atoms with Gasteiger partial charge in [0.15, 0.2) is 18.9 Å². The smallest absolute Gasteiger partial charge is 0.218 e. The molecular weight excluding hydrogens is 945 g/mol. The minimum absolute atomic E-state index is 0.00967. The van der Waals surface area contributed by atoms with Gasteiger partial charge in [0.2, 0.25) is 10.4 Å². The maximum atomic E-state index is 12.3. The number of fused-ring (bicyclic) bond motifs is 4. The Morgan fingerprint density at radius 2 is 1.31 bits per heavy atom. The van der Waals surface area contributed by atoms with E-state index in [9.17, 15) is 64.0 Å². The summed E-state index contributed by atoms with van der Waals surface area (Å²) in [4.78, 5) is 0. The minimum atomic E-state index is -5.49. The molecule has 9 rings (SSSR count). The Morgan fingerprint density at radius 3 is 1.96 bits per heavy atom. The normalized spacial score (nSPS) is 56.3. The topological polar surface area (TPSA) is 333 Å². The van der Waals surface area contributed by atoms with Gasteiger partial charge < -0.3 is 88.8 Å². The molecule has 402 valence electrons. The van der Waals surface area contributed by atoms with E-state index >= 15 is 0 Å². The van der Waals surface area contributed by atoms with Crippen LogP contribution in [0.3, 0.4) is 0 Å². The molecule has 22 heteroatoms. The summed E-state index contributed by atoms with van der Waals surface area (Å²) in [5, 5.41) is 110. The highest BCUT2D eigenvalue weighted by Gasteiger charge is 2.79. The van der Waals surface area contributed by atoms with Crippen LogP contribution in [0.25, 0.3) is 0 Å². The van der Waals surface area contributed by atoms with Crippen LogP contribution >= 0.6 is 0 Å². The van der Waals surface area contributed by atoms with E-state index < -0.39 is 150 Å². The van der Waals surface area contributed by atoms with Gasteiger partial charge in [-0.2, -0.15) is 0 Å². The molecule has 4 saturated carbocycles. The molecule has 10 N–H and O–H groups in total. The number of aliphatic hydroxyl groups is 10. The summed E-state index contributed by atoms with van der Waals surface area (Å²) in [6, 6.07) is 0. The predicted molar refractivity (Wildman–Crippen MR) is 238 cm³/mol. The molecule has 21 nitrogen and oxygen atoms in total. The Balaban J connectivity index is 1.03. The highest BCUT2D eigenvalue weighted by atomic mass is 32.3. The zero-order chi connectivity index (χ0) is 51.1. The second-order valence-electron chi connectivity index (χ2n) is 24.2. The summed E-state index contributed by atoms with van der Waals surface area (Å²) in [6.07, 6.45) is -17.4. The number of allylic oxidation sites excluding steroid dienone is 1. The maximum Gasteiger partial charge on any atom is 0.218 e. The Bertz CT molecular complexity index is 2060. The fourth-order valence-electron chi connectivity index (χ4n) is 16.0. The van der Waals surface area contributed by atoms with Crippen LogP contribution in [-0.2, 0) is 47.7 Å². The van der Waals surface area contributed by atoms with Gasteiger partial charge in [-0.05, 0) is 86.4 Å². The molecule has 0 aromatic carbocycles. The van der Waals surface area contributed by atoms with Crippen molar-refractivity contribution in [2.45, 2.75) is 210 Å². The SMILES string of the molecule is C[C@H]1O[C@@H](O[C@H]2CC[C@@]3(C)[C@@H](CC[C@]4(C)[C@@H]3C=C[C@]35OC[C@@]6(CCC(C)(C)C[C@H]63)[C@@H](O)C[C@]54C)[C@]2(C)CO)[C@H](O[C@@H]2O[C@H](CO)[C@@H](OS(=O)(=O)[O-])[C@H](O)[C@H]2O)[C@@H](O[C@@H]2O[C@H](CO)[C@@H](O)[C@H](O)[C@H]2O)[C@H]1O. The monoisotopic (exact) mass is 1020 g/mol. The van der Waals surface area contributed by atoms with Crippen molar-refractivity contribution in [2.75, 3.05) is 26.4 Å². The molecule has 1 spiro atoms. The fraction of sp³-hybridized carbons (Fsp3) is 0.958. The van der Waals surface area contributed by atoms with Crippen molar-refractivity contribution in [3.05, 3.63) is 12.2 Å². The van der Waals surface area contributed by atoms with E-state index in [1.54, 1.807) is 0 Å². The largest absolute Gasteiger partial charge is 0.726 e. The van der Waals surface area contributed by atoms with Crippen molar-refractivity contribution >= 4 is 10.4 Å². The predicted octanol–water partition coefficient (Wildman–Crippen LogP) is -0.914. The van der Waals surface area contributed by atoms with Crippen molar-refractivity contribution in [3.63, 3.8) is 0 Å². The van der Waals surface area contributed by atoms with Crippen LogP contribution in [0.1, 0.15) is 99.8 Å². The summed E-state index contributed by atoms with van der Waals surface area (Å²) >= 11 is 0. The van der Waals surface area contributed by atoms with Crippen molar-refractivity contribution in [3.8, 4) is 0 Å². The molecule has 2 bridgehead atoms. The third-order valence-corrected chi connectivity index (χ3v) is 20.7. The van der Waals surface area contributed by atoms with Crippen molar-refractivity contribution in [2.24, 2.45) is 50.2 Å². The van der Waals surface area contributed by atoms with Crippen LogP contribution in [0, 0.1) is 50.2 Å². The number of hydrogen-bond acceptors (Lipinski definition) is 21. The first-order chi connectivity index (χ1) is 32.6. The van der Waals surface area contributed by atoms with Gasteiger partial charge in [0.05, 0.1) is 50.3 Å². The Morgan fingerprint density at radius 1 is 0.671 bits per heavy atom. The lowest BCUT2D eigenvalue weighted by Crippen LogP contribution is -2.72. The van der Waals surface area contributed by atoms with Gasteiger partial charge in [-0.3, -0.25) is 4.18 Å². The molecule has 4 heterocycles. The molecule has 0 aromatic heterocycles. The van der Waals surface area contributed by atoms with Crippen LogP contribution in [-0.4, -0.2) is 200 Å². The molecule has 26 atom stereocenters. The molecule has 9 aliphatic rings. The second-order valence-corrected chi connectivity index (χ2v) is 25.3. The lowest BCUT2D eigenvalue weighted by atomic mass is 9.32. The molecule has 0 aromatic rings. The number of hydrogen-bond donors (Lipinski definition) is 10. The van der Waals surface area contributed by atoms with Gasteiger partial charge in [0.25, 0.3) is 0 Å². The zero-order valence-corrected chi connectivity index (χ0v) is 41.9. The van der Waals surface area contributed by atoms with Gasteiger partial charge in [-0.25, -0.2) is 8.42 Å². The van der Waals surface area contributed by atoms with Crippen LogP contribution in [0.15, 0.2) is 12.2 Å². The Labute approximate surface area is 409 Å². The highest BCUT2D eigenvalue weighted by Crippen LogP contribution is 2.79. The molecule has 0 amide bonds. The highest BCUT2D eigenvalue weighted by molar-refractivity contribution is 7.80. The number of rotatable bonds is 11. The first kappa shape index (κ1) is 53.7. The lowest BCUT2D eigenvalue weighted by molar-refractivity contribution is -0.397. The molecule has 5 aliphatic carbocycles. The molecule has 4 aliphatic heterocycles. The zero-order valence-electron chi connectivity index (χ0n) is 41.1. The summed E-state index contributed by atoms with van der Waals surface area (Å²) in [5.74, 6) is 0.0150. The van der Waals surface area contributed by atoms with E-state index in [1.165, 1.54) is 6.92 Å². The minimum Gasteiger partial charge on any atom is -0.726 e. The third-order valence-electron chi connectivity index (χ3n) is 20.2. The second kappa shape index (κ2) is 18.3. The van der Waals surface area contributed by atoms with Gasteiger partial charge >= 0.3 is 0 Å². The van der Waals surface area contributed by atoms with E-state index in [0.717, 1.165) is 25.7 Å². The summed E-state index contributed by atoms with van der Waals surface area (Å²) < 4.78 is 83.3. The van der Waals surface area contributed by atoms with Crippen LogP contribution in [0.5, 0.6) is 0 Å². The van der Waals surface area contributed by atoms with Crippen molar-refractivity contribution < 1.29 is 101 Å². The first-order valence-electron chi connectivity index (χ1n) is 25.1. The van der Waals surface area contributed by atoms with Crippen LogP contribution < -0.4 is 0 Å². The van der Waals surface area contributed by atoms with Gasteiger partial charge in [-0.1, -0.05) is 53.7 Å². The van der Waals surface area contributed by atoms with Crippen molar-refractivity contribution in [1.82, 2.24) is 0 Å². The van der Waals surface area contributed by atoms with Crippen LogP contribution in [0.2, 0.25) is 0 Å². The van der Waals surface area contributed by atoms with Crippen LogP contribution in [0.4, 0.5) is 0 Å². The van der Waals surface area contributed by atoms with Gasteiger partial charge in [-0.15, -0.1) is 0 Å². The lowest BCUT2D eigenvalue weighted by Gasteiger charge is -2.73. The van der Waals surface area contributed by atoms with E-state index in [-0.39, 0.29) is 40.6 Å². The quantitative estimate of drug-likeness (QED) is 0.0518. The third kappa shape index (κ3) is 7.98. The number of aliphatic hydroxyl groups excluding tert-OH is 10.